The normalized spacial score (nSPS) is 8.55. The van der Waals surface area contributed by atoms with Crippen molar-refractivity contribution in [2.24, 2.45) is 0 Å². The smallest absolute Gasteiger partial charge is 0.123 e. The number of aromatic hydroxyl groups is 10. The monoisotopic (exact) mass is 1500 g/mol. The minimum Gasteiger partial charge on any atom is -0.508 e. The molecule has 0 amide bonds. The summed E-state index contributed by atoms with van der Waals surface area (Å²) in [5.74, 6) is 2.73. The van der Waals surface area contributed by atoms with Crippen LogP contribution in [0.15, 0.2) is 255 Å². The molecule has 13 rings (SSSR count). The van der Waals surface area contributed by atoms with Crippen LogP contribution < -0.4 is 0 Å². The molecule has 604 valence electrons. The van der Waals surface area contributed by atoms with E-state index < -0.39 is 0 Å². The van der Waals surface area contributed by atoms with Gasteiger partial charge in [0.25, 0.3) is 0 Å². The van der Waals surface area contributed by atoms with Crippen molar-refractivity contribution >= 4 is 64.6 Å². The van der Waals surface area contributed by atoms with Gasteiger partial charge in [0, 0.05) is 16.2 Å². The summed E-state index contributed by atoms with van der Waals surface area (Å²) in [7, 11) is 0. The van der Waals surface area contributed by atoms with Crippen LogP contribution in [-0.2, 0) is 5.41 Å². The van der Waals surface area contributed by atoms with Crippen molar-refractivity contribution in [1.29, 1.82) is 0 Å². The molecule has 0 saturated carbocycles. The number of hydrogen-bond acceptors (Lipinski definition) is 10. The molecule has 13 aromatic carbocycles. The lowest BCUT2D eigenvalue weighted by molar-refractivity contribution is 0.470. The summed E-state index contributed by atoms with van der Waals surface area (Å²) in [6.07, 6.45) is 0. The summed E-state index contributed by atoms with van der Waals surface area (Å²) >= 11 is 0. The lowest BCUT2D eigenvalue weighted by atomic mass is 9.87. The molecule has 109 heavy (non-hydrogen) atoms. The maximum absolute atomic E-state index is 9.50. The van der Waals surface area contributed by atoms with Crippen LogP contribution in [0.3, 0.4) is 0 Å². The summed E-state index contributed by atoms with van der Waals surface area (Å²) in [4.78, 5) is 0. The standard InChI is InChI=1S/C11H10O2.2C10H8O2.3C10H8O.C10H14O.14C2H6/c1-7-5-9-8(6-11(7)13)3-2-4-10(9)12;11-9-3-1-7-2-4-10(12)6-8(7)5-9;11-8-4-5-9-7(6-8)2-1-3-10(9)12;11-10-7-3-5-8-4-1-2-6-9(8)10;2*11-10-6-5-8-3-1-2-4-9(8)7-10;1-10(2,3)8-4-6-9(11)7-5-8;14*1-2/h2-6,12-13H,1H3;2*1-6,11-12H;3*1-7,11H;4-7,11H,1-3H3;14*1-2H3. The molecule has 0 saturated heterocycles. The fraction of sp³-hybridized carbons (Fsp3) is 0.333. The Balaban J connectivity index is -0.000000172. The number of phenolic OH excluding ortho intramolecular Hbond substituents is 10. The van der Waals surface area contributed by atoms with Gasteiger partial charge in [0.15, 0.2) is 0 Å². The minimum absolute atomic E-state index is 0.174. The maximum atomic E-state index is 9.50. The maximum Gasteiger partial charge on any atom is 0.123 e. The molecular weight excluding hydrogens is 1350 g/mol. The Morgan fingerprint density at radius 3 is 0.752 bits per heavy atom. The molecule has 10 N–H and O–H groups in total. The Morgan fingerprint density at radius 1 is 0.174 bits per heavy atom. The van der Waals surface area contributed by atoms with Crippen molar-refractivity contribution in [3.8, 4) is 57.5 Å². The van der Waals surface area contributed by atoms with Crippen LogP contribution in [0.2, 0.25) is 0 Å². The van der Waals surface area contributed by atoms with Gasteiger partial charge in [-0.05, 0) is 181 Å². The Labute approximate surface area is 662 Å². The second-order valence-corrected chi connectivity index (χ2v) is 19.9. The van der Waals surface area contributed by atoms with Gasteiger partial charge in [0.1, 0.15) is 57.5 Å². The van der Waals surface area contributed by atoms with Gasteiger partial charge in [-0.3, -0.25) is 0 Å². The summed E-state index contributed by atoms with van der Waals surface area (Å²) in [6.45, 7) is 64.3. The lowest BCUT2D eigenvalue weighted by Crippen LogP contribution is -2.10. The van der Waals surface area contributed by atoms with Crippen molar-refractivity contribution in [1.82, 2.24) is 0 Å². The second-order valence-electron chi connectivity index (χ2n) is 19.9. The number of benzene rings is 13. The van der Waals surface area contributed by atoms with Crippen molar-refractivity contribution in [2.45, 2.75) is 227 Å². The van der Waals surface area contributed by atoms with Crippen LogP contribution in [0.4, 0.5) is 0 Å². The SMILES string of the molecule is CC.CC.CC.CC.CC.CC.CC.CC.CC.CC.CC.CC.CC.CC.CC(C)(C)c1ccc(O)cc1.Cc1cc2c(O)cccc2cc1O.Oc1ccc2c(O)cccc2c1.Oc1ccc2ccc(O)cc2c1.Oc1ccc2ccccc2c1.Oc1ccc2ccccc2c1.Oc1cccc2ccccc12. The zero-order valence-electron chi connectivity index (χ0n) is 73.2. The molecule has 0 atom stereocenters. The highest BCUT2D eigenvalue weighted by molar-refractivity contribution is 5.91. The van der Waals surface area contributed by atoms with E-state index in [1.54, 1.807) is 128 Å². The van der Waals surface area contributed by atoms with Crippen LogP contribution >= 0.6 is 0 Å². The average Bonchev–Trinajstić information content (AvgIpc) is 0.758. The zero-order valence-corrected chi connectivity index (χ0v) is 73.2. The van der Waals surface area contributed by atoms with Gasteiger partial charge in [-0.25, -0.2) is 0 Å². The van der Waals surface area contributed by atoms with Gasteiger partial charge in [-0.15, -0.1) is 0 Å². The summed E-state index contributed by atoms with van der Waals surface area (Å²) in [5, 5.41) is 104. The van der Waals surface area contributed by atoms with E-state index in [4.69, 9.17) is 30.6 Å². The first-order chi connectivity index (χ1) is 52.8. The molecule has 0 fully saturated rings. The van der Waals surface area contributed by atoms with Crippen LogP contribution in [0.1, 0.15) is 226 Å². The van der Waals surface area contributed by atoms with Gasteiger partial charge in [0.2, 0.25) is 0 Å². The topological polar surface area (TPSA) is 202 Å². The first-order valence-corrected chi connectivity index (χ1v) is 39.9. The minimum atomic E-state index is 0.174. The van der Waals surface area contributed by atoms with E-state index in [1.165, 1.54) is 5.56 Å². The van der Waals surface area contributed by atoms with Crippen LogP contribution in [-0.4, -0.2) is 51.1 Å². The molecule has 0 unspecified atom stereocenters. The zero-order chi connectivity index (χ0) is 86.1. The highest BCUT2D eigenvalue weighted by atomic mass is 16.3. The van der Waals surface area contributed by atoms with E-state index in [1.807, 2.05) is 327 Å². The third-order valence-electron chi connectivity index (χ3n) is 12.8. The largest absolute Gasteiger partial charge is 0.508 e. The van der Waals surface area contributed by atoms with Gasteiger partial charge >= 0.3 is 0 Å². The molecule has 0 radical (unpaired) electrons. The van der Waals surface area contributed by atoms with E-state index in [0.29, 0.717) is 23.0 Å². The average molecular weight is 1500 g/mol. The quantitative estimate of drug-likeness (QED) is 0.0696. The fourth-order valence-electron chi connectivity index (χ4n) is 8.40. The van der Waals surface area contributed by atoms with E-state index in [9.17, 15) is 20.4 Å². The number of aryl methyl sites for hydroxylation is 1. The van der Waals surface area contributed by atoms with Gasteiger partial charge < -0.3 is 51.1 Å². The molecule has 0 aromatic heterocycles. The summed E-state index contributed by atoms with van der Waals surface area (Å²) in [5.41, 5.74) is 2.19. The van der Waals surface area contributed by atoms with Crippen molar-refractivity contribution in [2.75, 3.05) is 0 Å². The third kappa shape index (κ3) is 47.0. The Morgan fingerprint density at radius 2 is 0.413 bits per heavy atom. The molecule has 10 heteroatoms. The highest BCUT2D eigenvalue weighted by Gasteiger charge is 2.12. The molecule has 0 aliphatic carbocycles. The van der Waals surface area contributed by atoms with Crippen molar-refractivity contribution in [3.63, 3.8) is 0 Å². The number of rotatable bonds is 0. The summed E-state index contributed by atoms with van der Waals surface area (Å²) < 4.78 is 0. The number of phenols is 10. The predicted molar refractivity (Wildman–Crippen MR) is 489 cm³/mol. The van der Waals surface area contributed by atoms with Crippen LogP contribution in [0, 0.1) is 6.92 Å². The predicted octanol–water partition coefficient (Wildman–Crippen LogP) is 31.8. The number of hydrogen-bond donors (Lipinski definition) is 10. The molecule has 0 spiro atoms. The third-order valence-corrected chi connectivity index (χ3v) is 12.8. The molecular formula is C99H148O10. The van der Waals surface area contributed by atoms with Crippen molar-refractivity contribution in [3.05, 3.63) is 266 Å². The fourth-order valence-corrected chi connectivity index (χ4v) is 8.40. The Bertz CT molecular complexity index is 4050. The van der Waals surface area contributed by atoms with E-state index >= 15 is 0 Å². The van der Waals surface area contributed by atoms with Crippen molar-refractivity contribution < 1.29 is 51.1 Å². The molecule has 13 aromatic rings. The number of fused-ring (bicyclic) bond motifs is 6. The molecule has 0 aliphatic rings. The molecule has 10 nitrogen and oxygen atoms in total. The van der Waals surface area contributed by atoms with Gasteiger partial charge in [-0.1, -0.05) is 360 Å². The first kappa shape index (κ1) is 114. The second kappa shape index (κ2) is 75.6. The van der Waals surface area contributed by atoms with Gasteiger partial charge in [0.05, 0.1) is 0 Å². The Kier molecular flexibility index (Phi) is 79.3. The van der Waals surface area contributed by atoms with E-state index in [-0.39, 0.29) is 39.9 Å². The first-order valence-electron chi connectivity index (χ1n) is 39.9. The van der Waals surface area contributed by atoms with E-state index in [0.717, 1.165) is 70.2 Å². The van der Waals surface area contributed by atoms with Crippen LogP contribution in [0.25, 0.3) is 64.6 Å². The Hall–Kier alpha value is -10.6. The molecule has 0 bridgehead atoms. The lowest BCUT2D eigenvalue weighted by Gasteiger charge is -2.18. The van der Waals surface area contributed by atoms with Crippen LogP contribution in [0.5, 0.6) is 57.5 Å². The van der Waals surface area contributed by atoms with E-state index in [2.05, 4.69) is 20.8 Å². The summed E-state index contributed by atoms with van der Waals surface area (Å²) in [6, 6.07) is 76.1. The highest BCUT2D eigenvalue weighted by Crippen LogP contribution is 2.31. The van der Waals surface area contributed by atoms with Gasteiger partial charge in [-0.2, -0.15) is 0 Å². The molecule has 0 heterocycles. The molecule has 0 aliphatic heterocycles.